The Morgan fingerprint density at radius 2 is 1.83 bits per heavy atom. The molecule has 0 spiro atoms. The van der Waals surface area contributed by atoms with Crippen LogP contribution in [0.4, 0.5) is 0 Å². The van der Waals surface area contributed by atoms with Crippen molar-refractivity contribution in [3.8, 4) is 0 Å². The van der Waals surface area contributed by atoms with Gasteiger partial charge in [0, 0.05) is 25.6 Å². The number of likely N-dealkylation sites (tertiary alicyclic amines) is 1. The molecule has 0 bridgehead atoms. The number of carbonyl (C=O) groups excluding carboxylic acids is 1. The Morgan fingerprint density at radius 1 is 1.07 bits per heavy atom. The van der Waals surface area contributed by atoms with Gasteiger partial charge in [0.1, 0.15) is 5.78 Å². The molecule has 1 aromatic heterocycles. The first-order chi connectivity index (χ1) is 13.9. The summed E-state index contributed by atoms with van der Waals surface area (Å²) in [5.41, 5.74) is 0.995. The zero-order valence-electron chi connectivity index (χ0n) is 17.7. The topological polar surface area (TPSA) is 72.3 Å². The van der Waals surface area contributed by atoms with Gasteiger partial charge in [0.2, 0.25) is 15.0 Å². The number of ketones is 1. The zero-order chi connectivity index (χ0) is 20.4. The van der Waals surface area contributed by atoms with E-state index in [1.165, 1.54) is 32.1 Å². The number of carbonyl (C=O) groups is 1. The summed E-state index contributed by atoms with van der Waals surface area (Å²) in [6, 6.07) is 0. The molecule has 3 fully saturated rings. The van der Waals surface area contributed by atoms with E-state index in [0.717, 1.165) is 51.0 Å². The van der Waals surface area contributed by atoms with E-state index in [-0.39, 0.29) is 22.6 Å². The highest BCUT2D eigenvalue weighted by Crippen LogP contribution is 2.33. The second-order valence-electron chi connectivity index (χ2n) is 9.56. The van der Waals surface area contributed by atoms with Crippen molar-refractivity contribution in [2.75, 3.05) is 18.8 Å². The number of imidazole rings is 1. The molecule has 2 aliphatic carbocycles. The third-order valence-electron chi connectivity index (χ3n) is 6.96. The van der Waals surface area contributed by atoms with Crippen molar-refractivity contribution in [1.29, 1.82) is 0 Å². The fourth-order valence-electron chi connectivity index (χ4n) is 5.02. The summed E-state index contributed by atoms with van der Waals surface area (Å²) in [4.78, 5) is 18.6. The Hall–Kier alpha value is -1.21. The Kier molecular flexibility index (Phi) is 6.44. The Labute approximate surface area is 175 Å². The van der Waals surface area contributed by atoms with Crippen LogP contribution in [0.3, 0.4) is 0 Å². The van der Waals surface area contributed by atoms with E-state index in [1.807, 2.05) is 4.57 Å². The van der Waals surface area contributed by atoms with Crippen LogP contribution in [0, 0.1) is 17.8 Å². The fraction of sp³-hybridized carbons (Fsp3) is 0.818. The largest absolute Gasteiger partial charge is 0.317 e. The van der Waals surface area contributed by atoms with Gasteiger partial charge in [-0.2, -0.15) is 0 Å². The number of piperidine rings is 1. The lowest BCUT2D eigenvalue weighted by Gasteiger charge is -2.32. The van der Waals surface area contributed by atoms with Crippen LogP contribution >= 0.6 is 0 Å². The normalized spacial score (nSPS) is 24.7. The molecule has 7 heteroatoms. The first-order valence-electron chi connectivity index (χ1n) is 11.4. The third kappa shape index (κ3) is 5.29. The van der Waals surface area contributed by atoms with Crippen molar-refractivity contribution >= 4 is 15.6 Å². The lowest BCUT2D eigenvalue weighted by Crippen LogP contribution is -2.38. The molecule has 0 aromatic carbocycles. The van der Waals surface area contributed by atoms with Crippen molar-refractivity contribution in [2.24, 2.45) is 17.8 Å². The molecule has 6 nitrogen and oxygen atoms in total. The van der Waals surface area contributed by atoms with E-state index in [1.54, 1.807) is 13.1 Å². The molecular formula is C22H35N3O3S. The first kappa shape index (κ1) is 21.0. The molecule has 0 radical (unpaired) electrons. The van der Waals surface area contributed by atoms with Crippen LogP contribution in [0.1, 0.15) is 70.4 Å². The molecule has 1 atom stereocenters. The molecule has 0 N–H and O–H groups in total. The minimum absolute atomic E-state index is 0.108. The van der Waals surface area contributed by atoms with Gasteiger partial charge >= 0.3 is 0 Å². The molecule has 1 aromatic rings. The van der Waals surface area contributed by atoms with Crippen LogP contribution in [0.5, 0.6) is 0 Å². The van der Waals surface area contributed by atoms with Gasteiger partial charge in [-0.25, -0.2) is 13.4 Å². The van der Waals surface area contributed by atoms with Crippen molar-refractivity contribution in [3.05, 3.63) is 11.9 Å². The van der Waals surface area contributed by atoms with E-state index >= 15 is 0 Å². The van der Waals surface area contributed by atoms with Crippen LogP contribution < -0.4 is 0 Å². The molecule has 1 aliphatic heterocycles. The molecule has 29 heavy (non-hydrogen) atoms. The number of rotatable bonds is 8. The highest BCUT2D eigenvalue weighted by atomic mass is 32.2. The average molecular weight is 422 g/mol. The minimum Gasteiger partial charge on any atom is -0.317 e. The summed E-state index contributed by atoms with van der Waals surface area (Å²) in [6.07, 6.45) is 11.9. The van der Waals surface area contributed by atoms with Gasteiger partial charge in [0.25, 0.3) is 0 Å². The molecular weight excluding hydrogens is 386 g/mol. The third-order valence-corrected chi connectivity index (χ3v) is 8.76. The van der Waals surface area contributed by atoms with E-state index in [4.69, 9.17) is 0 Å². The SMILES string of the molecule is CC(=O)C1CCCN(Cc2cnc(S(=O)(=O)CC3CC3)n2CC2CCCCC2)C1. The van der Waals surface area contributed by atoms with Crippen molar-refractivity contribution in [3.63, 3.8) is 0 Å². The molecule has 2 heterocycles. The predicted octanol–water partition coefficient (Wildman–Crippen LogP) is 3.45. The van der Waals surface area contributed by atoms with Crippen molar-refractivity contribution in [2.45, 2.75) is 83.0 Å². The molecule has 2 saturated carbocycles. The summed E-state index contributed by atoms with van der Waals surface area (Å²) < 4.78 is 28.1. The molecule has 1 unspecified atom stereocenters. The summed E-state index contributed by atoms with van der Waals surface area (Å²) in [7, 11) is -3.34. The standard InChI is InChI=1S/C22H35N3O3S/c1-17(26)20-8-5-11-24(14-20)15-21-12-23-22(29(27,28)16-19-9-10-19)25(21)13-18-6-3-2-4-7-18/h12,18-20H,2-11,13-16H2,1H3. The smallest absolute Gasteiger partial charge is 0.227 e. The van der Waals surface area contributed by atoms with Gasteiger partial charge in [0.05, 0.1) is 17.6 Å². The minimum atomic E-state index is -3.34. The maximum Gasteiger partial charge on any atom is 0.227 e. The van der Waals surface area contributed by atoms with Gasteiger partial charge in [0.15, 0.2) is 0 Å². The molecule has 1 saturated heterocycles. The Bertz CT molecular complexity index is 822. The van der Waals surface area contributed by atoms with E-state index in [9.17, 15) is 13.2 Å². The van der Waals surface area contributed by atoms with Gasteiger partial charge in [-0.05, 0) is 63.8 Å². The van der Waals surface area contributed by atoms with Gasteiger partial charge in [-0.1, -0.05) is 19.3 Å². The molecule has 162 valence electrons. The van der Waals surface area contributed by atoms with E-state index < -0.39 is 9.84 Å². The van der Waals surface area contributed by atoms with Crippen LogP contribution in [0.15, 0.2) is 11.4 Å². The van der Waals surface area contributed by atoms with Crippen LogP contribution in [-0.4, -0.2) is 47.5 Å². The van der Waals surface area contributed by atoms with Crippen LogP contribution in [-0.2, 0) is 27.7 Å². The zero-order valence-corrected chi connectivity index (χ0v) is 18.5. The van der Waals surface area contributed by atoms with E-state index in [2.05, 4.69) is 9.88 Å². The second-order valence-corrected chi connectivity index (χ2v) is 11.5. The molecule has 0 amide bonds. The maximum absolute atomic E-state index is 13.1. The predicted molar refractivity (Wildman–Crippen MR) is 112 cm³/mol. The summed E-state index contributed by atoms with van der Waals surface area (Å²) in [5, 5.41) is 0.283. The monoisotopic (exact) mass is 421 g/mol. The maximum atomic E-state index is 13.1. The highest BCUT2D eigenvalue weighted by molar-refractivity contribution is 7.91. The quantitative estimate of drug-likeness (QED) is 0.643. The molecule has 3 aliphatic rings. The van der Waals surface area contributed by atoms with Gasteiger partial charge in [-0.15, -0.1) is 0 Å². The van der Waals surface area contributed by atoms with Crippen molar-refractivity contribution < 1.29 is 13.2 Å². The lowest BCUT2D eigenvalue weighted by molar-refractivity contribution is -0.122. The number of sulfone groups is 1. The Balaban J connectivity index is 1.56. The second kappa shape index (κ2) is 8.88. The van der Waals surface area contributed by atoms with Crippen LogP contribution in [0.25, 0.3) is 0 Å². The van der Waals surface area contributed by atoms with Gasteiger partial charge < -0.3 is 4.57 Å². The number of hydrogen-bond acceptors (Lipinski definition) is 5. The number of hydrogen-bond donors (Lipinski definition) is 0. The summed E-state index contributed by atoms with van der Waals surface area (Å²) in [5.74, 6) is 1.47. The Morgan fingerprint density at radius 3 is 2.52 bits per heavy atom. The number of Topliss-reactive ketones (excluding diaryl/α,β-unsaturated/α-hetero) is 1. The highest BCUT2D eigenvalue weighted by Gasteiger charge is 2.33. The lowest BCUT2D eigenvalue weighted by atomic mass is 9.89. The summed E-state index contributed by atoms with van der Waals surface area (Å²) in [6.45, 7) is 4.86. The fourth-order valence-corrected chi connectivity index (χ4v) is 6.86. The first-order valence-corrected chi connectivity index (χ1v) is 13.1. The van der Waals surface area contributed by atoms with Crippen molar-refractivity contribution in [1.82, 2.24) is 14.5 Å². The summed E-state index contributed by atoms with van der Waals surface area (Å²) >= 11 is 0. The number of aromatic nitrogens is 2. The molecule has 4 rings (SSSR count). The number of nitrogens with zero attached hydrogens (tertiary/aromatic N) is 3. The van der Waals surface area contributed by atoms with E-state index in [0.29, 0.717) is 18.4 Å². The van der Waals surface area contributed by atoms with Gasteiger partial charge in [-0.3, -0.25) is 9.69 Å². The van der Waals surface area contributed by atoms with Crippen LogP contribution in [0.2, 0.25) is 0 Å². The average Bonchev–Trinajstić information content (AvgIpc) is 3.41.